The molecule has 1 N–H and O–H groups in total. The fourth-order valence-corrected chi connectivity index (χ4v) is 2.75. The first-order valence-electron chi connectivity index (χ1n) is 7.08. The van der Waals surface area contributed by atoms with E-state index < -0.39 is 0 Å². The number of hydrogen-bond donors (Lipinski definition) is 1. The van der Waals surface area contributed by atoms with Gasteiger partial charge in [0.25, 0.3) is 0 Å². The molecule has 0 aromatic carbocycles. The molecule has 1 fully saturated rings. The Morgan fingerprint density at radius 2 is 2.06 bits per heavy atom. The summed E-state index contributed by atoms with van der Waals surface area (Å²) in [6.45, 7) is 6.35. The highest BCUT2D eigenvalue weighted by atomic mass is 15.3. The van der Waals surface area contributed by atoms with Crippen LogP contribution in [0.15, 0.2) is 12.3 Å². The summed E-state index contributed by atoms with van der Waals surface area (Å²) in [6.07, 6.45) is 8.87. The largest absolute Gasteiger partial charge is 0.311 e. The van der Waals surface area contributed by atoms with Crippen molar-refractivity contribution >= 4 is 0 Å². The van der Waals surface area contributed by atoms with Gasteiger partial charge in [-0.2, -0.15) is 5.10 Å². The molecular weight excluding hydrogens is 210 g/mol. The van der Waals surface area contributed by atoms with Gasteiger partial charge in [-0.25, -0.2) is 0 Å². The normalized spacial score (nSPS) is 25.1. The Morgan fingerprint density at radius 1 is 1.29 bits per heavy atom. The first-order chi connectivity index (χ1) is 8.33. The van der Waals surface area contributed by atoms with Crippen molar-refractivity contribution in [1.29, 1.82) is 0 Å². The number of aromatic nitrogens is 2. The highest BCUT2D eigenvalue weighted by Crippen LogP contribution is 2.33. The molecule has 1 heterocycles. The predicted octanol–water partition coefficient (Wildman–Crippen LogP) is 3.13. The standard InChI is InChI=1S/C14H25N3/c1-3-12-5-7-14(8-6-12)17-10-9-13(16-17)11-15-4-2/h9-10,12,14-15H,3-8,11H2,1-2H3. The molecule has 3 nitrogen and oxygen atoms in total. The van der Waals surface area contributed by atoms with E-state index in [1.807, 2.05) is 0 Å². The minimum atomic E-state index is 0.646. The molecule has 0 radical (unpaired) electrons. The third-order valence-corrected chi connectivity index (χ3v) is 3.99. The molecule has 2 rings (SSSR count). The summed E-state index contributed by atoms with van der Waals surface area (Å²) >= 11 is 0. The molecule has 0 aliphatic heterocycles. The van der Waals surface area contributed by atoms with Crippen LogP contribution >= 0.6 is 0 Å². The van der Waals surface area contributed by atoms with Gasteiger partial charge in [0, 0.05) is 12.7 Å². The number of nitrogens with zero attached hydrogens (tertiary/aromatic N) is 2. The lowest BCUT2D eigenvalue weighted by atomic mass is 9.85. The highest BCUT2D eigenvalue weighted by Gasteiger charge is 2.21. The van der Waals surface area contributed by atoms with Crippen LogP contribution in [0.3, 0.4) is 0 Å². The van der Waals surface area contributed by atoms with Crippen LogP contribution in [0.4, 0.5) is 0 Å². The summed E-state index contributed by atoms with van der Waals surface area (Å²) in [5.41, 5.74) is 1.17. The number of nitrogens with one attached hydrogen (secondary N) is 1. The lowest BCUT2D eigenvalue weighted by molar-refractivity contribution is 0.255. The molecule has 1 aliphatic carbocycles. The fourth-order valence-electron chi connectivity index (χ4n) is 2.75. The SMILES string of the molecule is CCNCc1ccn(C2CCC(CC)CC2)n1. The quantitative estimate of drug-likeness (QED) is 0.849. The molecule has 1 aromatic rings. The minimum absolute atomic E-state index is 0.646. The van der Waals surface area contributed by atoms with Gasteiger partial charge in [-0.05, 0) is 44.2 Å². The van der Waals surface area contributed by atoms with Gasteiger partial charge in [0.1, 0.15) is 0 Å². The Kier molecular flexibility index (Phi) is 4.60. The Morgan fingerprint density at radius 3 is 2.71 bits per heavy atom. The Balaban J connectivity index is 1.87. The van der Waals surface area contributed by atoms with Crippen molar-refractivity contribution in [1.82, 2.24) is 15.1 Å². The zero-order valence-electron chi connectivity index (χ0n) is 11.2. The van der Waals surface area contributed by atoms with Crippen LogP contribution in [-0.4, -0.2) is 16.3 Å². The molecule has 0 atom stereocenters. The molecule has 0 bridgehead atoms. The van der Waals surface area contributed by atoms with E-state index in [1.165, 1.54) is 37.8 Å². The third-order valence-electron chi connectivity index (χ3n) is 3.99. The van der Waals surface area contributed by atoms with E-state index in [1.54, 1.807) is 0 Å². The Bertz CT molecular complexity index is 324. The van der Waals surface area contributed by atoms with Crippen LogP contribution in [0.5, 0.6) is 0 Å². The molecule has 17 heavy (non-hydrogen) atoms. The highest BCUT2D eigenvalue weighted by molar-refractivity contribution is 4.99. The lowest BCUT2D eigenvalue weighted by Crippen LogP contribution is -2.19. The van der Waals surface area contributed by atoms with E-state index in [2.05, 4.69) is 41.2 Å². The van der Waals surface area contributed by atoms with Gasteiger partial charge in [0.05, 0.1) is 11.7 Å². The predicted molar refractivity (Wildman–Crippen MR) is 70.9 cm³/mol. The van der Waals surface area contributed by atoms with Crippen LogP contribution in [0.2, 0.25) is 0 Å². The molecule has 1 aromatic heterocycles. The van der Waals surface area contributed by atoms with Crippen LogP contribution in [-0.2, 0) is 6.54 Å². The molecule has 0 saturated heterocycles. The van der Waals surface area contributed by atoms with Crippen LogP contribution in [0.1, 0.15) is 57.7 Å². The summed E-state index contributed by atoms with van der Waals surface area (Å²) in [5.74, 6) is 0.961. The summed E-state index contributed by atoms with van der Waals surface area (Å²) in [6, 6.07) is 2.79. The van der Waals surface area contributed by atoms with Crippen LogP contribution in [0.25, 0.3) is 0 Å². The van der Waals surface area contributed by atoms with Gasteiger partial charge in [-0.1, -0.05) is 20.3 Å². The van der Waals surface area contributed by atoms with E-state index >= 15 is 0 Å². The minimum Gasteiger partial charge on any atom is -0.311 e. The fraction of sp³-hybridized carbons (Fsp3) is 0.786. The van der Waals surface area contributed by atoms with E-state index in [-0.39, 0.29) is 0 Å². The summed E-state index contributed by atoms with van der Waals surface area (Å²) in [5, 5.41) is 8.00. The summed E-state index contributed by atoms with van der Waals surface area (Å²) in [4.78, 5) is 0. The van der Waals surface area contributed by atoms with E-state index in [0.29, 0.717) is 6.04 Å². The van der Waals surface area contributed by atoms with Gasteiger partial charge < -0.3 is 5.32 Å². The Labute approximate surface area is 105 Å². The second kappa shape index (κ2) is 6.20. The molecule has 1 saturated carbocycles. The van der Waals surface area contributed by atoms with Crippen LogP contribution in [0, 0.1) is 5.92 Å². The Hall–Kier alpha value is -0.830. The first-order valence-corrected chi connectivity index (χ1v) is 7.08. The van der Waals surface area contributed by atoms with Crippen LogP contribution < -0.4 is 5.32 Å². The zero-order valence-corrected chi connectivity index (χ0v) is 11.2. The summed E-state index contributed by atoms with van der Waals surface area (Å²) in [7, 11) is 0. The van der Waals surface area contributed by atoms with Crippen molar-refractivity contribution in [3.63, 3.8) is 0 Å². The maximum atomic E-state index is 4.68. The van der Waals surface area contributed by atoms with E-state index in [9.17, 15) is 0 Å². The monoisotopic (exact) mass is 235 g/mol. The molecule has 3 heteroatoms. The van der Waals surface area contributed by atoms with Gasteiger partial charge in [-0.3, -0.25) is 4.68 Å². The molecule has 0 spiro atoms. The first kappa shape index (κ1) is 12.6. The van der Waals surface area contributed by atoms with Crippen molar-refractivity contribution in [2.75, 3.05) is 6.54 Å². The van der Waals surface area contributed by atoms with Gasteiger partial charge in [0.2, 0.25) is 0 Å². The molecule has 0 unspecified atom stereocenters. The van der Waals surface area contributed by atoms with Crippen molar-refractivity contribution in [2.24, 2.45) is 5.92 Å². The van der Waals surface area contributed by atoms with Crippen molar-refractivity contribution in [3.8, 4) is 0 Å². The average molecular weight is 235 g/mol. The molecule has 1 aliphatic rings. The van der Waals surface area contributed by atoms with Gasteiger partial charge in [-0.15, -0.1) is 0 Å². The molecular formula is C14H25N3. The van der Waals surface area contributed by atoms with Crippen molar-refractivity contribution in [3.05, 3.63) is 18.0 Å². The smallest absolute Gasteiger partial charge is 0.0762 e. The number of hydrogen-bond acceptors (Lipinski definition) is 2. The molecule has 0 amide bonds. The zero-order chi connectivity index (χ0) is 12.1. The van der Waals surface area contributed by atoms with Crippen molar-refractivity contribution < 1.29 is 0 Å². The topological polar surface area (TPSA) is 29.9 Å². The van der Waals surface area contributed by atoms with E-state index in [4.69, 9.17) is 0 Å². The maximum absolute atomic E-state index is 4.68. The average Bonchev–Trinajstić information content (AvgIpc) is 2.85. The molecule has 96 valence electrons. The van der Waals surface area contributed by atoms with Gasteiger partial charge >= 0.3 is 0 Å². The second-order valence-electron chi connectivity index (χ2n) is 5.15. The van der Waals surface area contributed by atoms with Crippen molar-refractivity contribution in [2.45, 2.75) is 58.5 Å². The summed E-state index contributed by atoms with van der Waals surface area (Å²) < 4.78 is 2.19. The van der Waals surface area contributed by atoms with Gasteiger partial charge in [0.15, 0.2) is 0 Å². The number of rotatable bonds is 5. The maximum Gasteiger partial charge on any atom is 0.0762 e. The van der Waals surface area contributed by atoms with E-state index in [0.717, 1.165) is 19.0 Å². The lowest BCUT2D eigenvalue weighted by Gasteiger charge is -2.27. The third kappa shape index (κ3) is 3.32. The second-order valence-corrected chi connectivity index (χ2v) is 5.15.